The van der Waals surface area contributed by atoms with Gasteiger partial charge in [-0.2, -0.15) is 0 Å². The van der Waals surface area contributed by atoms with Crippen LogP contribution in [-0.4, -0.2) is 15.3 Å². The monoisotopic (exact) mass is 256 g/mol. The van der Waals surface area contributed by atoms with Gasteiger partial charge in [-0.05, 0) is 17.7 Å². The molecule has 4 nitrogen and oxygen atoms in total. The fourth-order valence-corrected chi connectivity index (χ4v) is 2.07. The molecule has 0 saturated heterocycles. The predicted octanol–water partition coefficient (Wildman–Crippen LogP) is 3.14. The molecule has 19 heavy (non-hydrogen) atoms. The van der Waals surface area contributed by atoms with Crippen LogP contribution in [0.2, 0.25) is 0 Å². The van der Waals surface area contributed by atoms with Crippen molar-refractivity contribution in [2.24, 2.45) is 0 Å². The predicted molar refractivity (Wildman–Crippen MR) is 70.5 cm³/mol. The molecule has 0 atom stereocenters. The van der Waals surface area contributed by atoms with Crippen LogP contribution in [0.5, 0.6) is 17.2 Å². The number of aromatic hydroxyl groups is 3. The Bertz CT molecular complexity index is 729. The average Bonchev–Trinajstić information content (AvgIpc) is 2.73. The lowest BCUT2D eigenvalue weighted by Crippen LogP contribution is -1.84. The minimum Gasteiger partial charge on any atom is -0.504 e. The van der Waals surface area contributed by atoms with Crippen LogP contribution in [0.3, 0.4) is 0 Å². The van der Waals surface area contributed by atoms with Crippen molar-refractivity contribution in [1.82, 2.24) is 0 Å². The van der Waals surface area contributed by atoms with E-state index in [9.17, 15) is 15.3 Å². The second kappa shape index (κ2) is 4.24. The van der Waals surface area contributed by atoms with Crippen LogP contribution in [0.15, 0.2) is 46.9 Å². The smallest absolute Gasteiger partial charge is 0.201 e. The second-order valence-corrected chi connectivity index (χ2v) is 4.35. The van der Waals surface area contributed by atoms with Crippen molar-refractivity contribution in [1.29, 1.82) is 0 Å². The summed E-state index contributed by atoms with van der Waals surface area (Å²) in [7, 11) is 0. The molecule has 0 fully saturated rings. The Morgan fingerprint density at radius 1 is 0.842 bits per heavy atom. The molecule has 96 valence electrons. The van der Waals surface area contributed by atoms with E-state index >= 15 is 0 Å². The Kier molecular flexibility index (Phi) is 2.56. The maximum absolute atomic E-state index is 10.1. The van der Waals surface area contributed by atoms with Crippen molar-refractivity contribution in [3.8, 4) is 17.2 Å². The van der Waals surface area contributed by atoms with Crippen LogP contribution in [0.4, 0.5) is 0 Å². The molecule has 3 aromatic rings. The highest BCUT2D eigenvalue weighted by molar-refractivity contribution is 5.91. The average molecular weight is 256 g/mol. The molecule has 3 rings (SSSR count). The molecular formula is C15H12O4. The maximum Gasteiger partial charge on any atom is 0.201 e. The van der Waals surface area contributed by atoms with Crippen LogP contribution < -0.4 is 0 Å². The molecule has 3 N–H and O–H groups in total. The van der Waals surface area contributed by atoms with E-state index in [0.717, 1.165) is 5.56 Å². The molecule has 1 aromatic heterocycles. The molecule has 0 unspecified atom stereocenters. The molecule has 1 heterocycles. The highest BCUT2D eigenvalue weighted by Crippen LogP contribution is 2.41. The molecule has 0 radical (unpaired) electrons. The van der Waals surface area contributed by atoms with Gasteiger partial charge in [0, 0.05) is 6.42 Å². The van der Waals surface area contributed by atoms with Crippen molar-refractivity contribution in [2.75, 3.05) is 0 Å². The van der Waals surface area contributed by atoms with Crippen LogP contribution in [0, 0.1) is 0 Å². The first kappa shape index (κ1) is 11.5. The van der Waals surface area contributed by atoms with Crippen LogP contribution in [-0.2, 0) is 6.42 Å². The molecule has 0 spiro atoms. The van der Waals surface area contributed by atoms with Gasteiger partial charge in [0.1, 0.15) is 0 Å². The Morgan fingerprint density at radius 2 is 1.58 bits per heavy atom. The molecule has 0 aliphatic rings. The maximum atomic E-state index is 10.1. The van der Waals surface area contributed by atoms with Gasteiger partial charge >= 0.3 is 0 Å². The van der Waals surface area contributed by atoms with Gasteiger partial charge in [-0.3, -0.25) is 0 Å². The van der Waals surface area contributed by atoms with Gasteiger partial charge in [-0.15, -0.1) is 0 Å². The van der Waals surface area contributed by atoms with Gasteiger partial charge in [0.25, 0.3) is 0 Å². The molecule has 0 bridgehead atoms. The summed E-state index contributed by atoms with van der Waals surface area (Å²) < 4.78 is 5.45. The lowest BCUT2D eigenvalue weighted by Gasteiger charge is -1.97. The van der Waals surface area contributed by atoms with E-state index in [2.05, 4.69) is 0 Å². The van der Waals surface area contributed by atoms with Gasteiger partial charge in [-0.25, -0.2) is 0 Å². The Hall–Kier alpha value is -2.62. The molecule has 4 heteroatoms. The van der Waals surface area contributed by atoms with Crippen molar-refractivity contribution < 1.29 is 19.7 Å². The Labute approximate surface area is 109 Å². The number of phenolic OH excluding ortho intramolecular Hbond substituents is 2. The van der Waals surface area contributed by atoms with Gasteiger partial charge in [-0.1, -0.05) is 30.3 Å². The third kappa shape index (κ3) is 1.87. The number of phenols is 2. The second-order valence-electron chi connectivity index (χ2n) is 4.35. The largest absolute Gasteiger partial charge is 0.504 e. The highest BCUT2D eigenvalue weighted by Gasteiger charge is 2.18. The molecule has 2 aromatic carbocycles. The summed E-state index contributed by atoms with van der Waals surface area (Å²) >= 11 is 0. The van der Waals surface area contributed by atoms with E-state index in [-0.39, 0.29) is 22.8 Å². The SMILES string of the molecule is Oc1ccc2c(O)c(Cc3ccccc3)oc2c1O. The Balaban J connectivity index is 2.10. The van der Waals surface area contributed by atoms with E-state index in [4.69, 9.17) is 4.42 Å². The summed E-state index contributed by atoms with van der Waals surface area (Å²) in [5, 5.41) is 29.6. The van der Waals surface area contributed by atoms with Crippen molar-refractivity contribution in [2.45, 2.75) is 6.42 Å². The summed E-state index contributed by atoms with van der Waals surface area (Å²) in [6.07, 6.45) is 0.418. The van der Waals surface area contributed by atoms with Gasteiger partial charge in [0.05, 0.1) is 5.39 Å². The van der Waals surface area contributed by atoms with E-state index in [1.165, 1.54) is 12.1 Å². The summed E-state index contributed by atoms with van der Waals surface area (Å²) in [6, 6.07) is 12.4. The number of hydrogen-bond acceptors (Lipinski definition) is 4. The summed E-state index contributed by atoms with van der Waals surface area (Å²) in [5.41, 5.74) is 1.09. The fourth-order valence-electron chi connectivity index (χ4n) is 2.07. The zero-order valence-corrected chi connectivity index (χ0v) is 10.00. The van der Waals surface area contributed by atoms with Crippen LogP contribution >= 0.6 is 0 Å². The normalized spacial score (nSPS) is 10.9. The molecule has 0 aliphatic carbocycles. The molecule has 0 amide bonds. The van der Waals surface area contributed by atoms with Crippen molar-refractivity contribution >= 4 is 11.0 Å². The van der Waals surface area contributed by atoms with E-state index in [1.807, 2.05) is 30.3 Å². The van der Waals surface area contributed by atoms with E-state index < -0.39 is 0 Å². The third-order valence-electron chi connectivity index (χ3n) is 3.06. The summed E-state index contributed by atoms with van der Waals surface area (Å²) in [5.74, 6) is -0.268. The van der Waals surface area contributed by atoms with Crippen molar-refractivity contribution in [3.63, 3.8) is 0 Å². The highest BCUT2D eigenvalue weighted by atomic mass is 16.4. The third-order valence-corrected chi connectivity index (χ3v) is 3.06. The van der Waals surface area contributed by atoms with Gasteiger partial charge in [0.2, 0.25) is 5.75 Å². The fraction of sp³-hybridized carbons (Fsp3) is 0.0667. The number of benzene rings is 2. The summed E-state index contributed by atoms with van der Waals surface area (Å²) in [4.78, 5) is 0. The van der Waals surface area contributed by atoms with Crippen LogP contribution in [0.1, 0.15) is 11.3 Å². The molecule has 0 saturated carbocycles. The first-order chi connectivity index (χ1) is 9.16. The first-order valence-electron chi connectivity index (χ1n) is 5.86. The lowest BCUT2D eigenvalue weighted by molar-refractivity contribution is 0.397. The van der Waals surface area contributed by atoms with E-state index in [0.29, 0.717) is 17.6 Å². The zero-order chi connectivity index (χ0) is 13.4. The molecule has 0 aliphatic heterocycles. The number of rotatable bonds is 2. The molecular weight excluding hydrogens is 244 g/mol. The van der Waals surface area contributed by atoms with E-state index in [1.54, 1.807) is 0 Å². The number of hydrogen-bond donors (Lipinski definition) is 3. The number of furan rings is 1. The van der Waals surface area contributed by atoms with Gasteiger partial charge in [0.15, 0.2) is 22.8 Å². The zero-order valence-electron chi connectivity index (χ0n) is 10.00. The minimum absolute atomic E-state index is 0.00541. The van der Waals surface area contributed by atoms with Crippen molar-refractivity contribution in [3.05, 3.63) is 53.8 Å². The summed E-state index contributed by atoms with van der Waals surface area (Å²) in [6.45, 7) is 0. The topological polar surface area (TPSA) is 73.8 Å². The lowest BCUT2D eigenvalue weighted by atomic mass is 10.1. The van der Waals surface area contributed by atoms with Crippen LogP contribution in [0.25, 0.3) is 11.0 Å². The van der Waals surface area contributed by atoms with Gasteiger partial charge < -0.3 is 19.7 Å². The standard InChI is InChI=1S/C15H12O4/c16-11-7-6-10-13(17)12(19-15(10)14(11)18)8-9-4-2-1-3-5-9/h1-7,16-18H,8H2. The number of fused-ring (bicyclic) bond motifs is 1. The minimum atomic E-state index is -0.355. The quantitative estimate of drug-likeness (QED) is 0.616. The Morgan fingerprint density at radius 3 is 2.32 bits per heavy atom. The first-order valence-corrected chi connectivity index (χ1v) is 5.86.